The van der Waals surface area contributed by atoms with Crippen molar-refractivity contribution in [3.63, 3.8) is 0 Å². The number of aromatic nitrogens is 1. The molecule has 1 aromatic heterocycles. The van der Waals surface area contributed by atoms with Crippen molar-refractivity contribution in [3.8, 4) is 0 Å². The molecule has 14 heavy (non-hydrogen) atoms. The molecular weight excluding hydrogens is 182 g/mol. The van der Waals surface area contributed by atoms with Gasteiger partial charge in [-0.05, 0) is 26.3 Å². The molecule has 0 unspecified atom stereocenters. The number of nitrogens with one attached hydrogen (secondary N) is 2. The molecule has 2 N–H and O–H groups in total. The third kappa shape index (κ3) is 1.93. The van der Waals surface area contributed by atoms with Crippen LogP contribution in [-0.4, -0.2) is 23.7 Å². The SMILES string of the molecule is Cc1cc(NC(=O)[C@@H]2CCCN2)on1. The van der Waals surface area contributed by atoms with Gasteiger partial charge in [-0.2, -0.15) is 0 Å². The Morgan fingerprint density at radius 3 is 3.21 bits per heavy atom. The first kappa shape index (κ1) is 9.21. The minimum atomic E-state index is -0.0830. The summed E-state index contributed by atoms with van der Waals surface area (Å²) in [7, 11) is 0. The van der Waals surface area contributed by atoms with Crippen LogP contribution in [0.2, 0.25) is 0 Å². The molecule has 1 fully saturated rings. The van der Waals surface area contributed by atoms with Crippen LogP contribution in [0.5, 0.6) is 0 Å². The lowest BCUT2D eigenvalue weighted by molar-refractivity contribution is -0.117. The zero-order chi connectivity index (χ0) is 9.97. The summed E-state index contributed by atoms with van der Waals surface area (Å²) < 4.78 is 4.88. The number of hydrogen-bond acceptors (Lipinski definition) is 4. The zero-order valence-corrected chi connectivity index (χ0v) is 8.04. The smallest absolute Gasteiger partial charge is 0.243 e. The first-order valence-corrected chi connectivity index (χ1v) is 4.73. The number of carbonyl (C=O) groups excluding carboxylic acids is 1. The maximum Gasteiger partial charge on any atom is 0.243 e. The van der Waals surface area contributed by atoms with Gasteiger partial charge in [-0.3, -0.25) is 10.1 Å². The molecule has 2 rings (SSSR count). The minimum absolute atomic E-state index is 0.0429. The van der Waals surface area contributed by atoms with Crippen LogP contribution in [0, 0.1) is 6.92 Å². The van der Waals surface area contributed by atoms with Crippen LogP contribution < -0.4 is 10.6 Å². The first-order valence-electron chi connectivity index (χ1n) is 4.73. The zero-order valence-electron chi connectivity index (χ0n) is 8.04. The third-order valence-corrected chi connectivity index (χ3v) is 2.25. The van der Waals surface area contributed by atoms with Gasteiger partial charge in [0.25, 0.3) is 0 Å². The predicted molar refractivity (Wildman–Crippen MR) is 50.9 cm³/mol. The van der Waals surface area contributed by atoms with Crippen molar-refractivity contribution < 1.29 is 9.32 Å². The van der Waals surface area contributed by atoms with Gasteiger partial charge >= 0.3 is 0 Å². The standard InChI is InChI=1S/C9H13N3O2/c1-6-5-8(14-12-6)11-9(13)7-3-2-4-10-7/h5,7,10H,2-4H2,1H3,(H,11,13)/t7-/m0/s1. The van der Waals surface area contributed by atoms with Gasteiger partial charge in [0.05, 0.1) is 11.7 Å². The molecule has 1 aliphatic rings. The maximum atomic E-state index is 11.6. The highest BCUT2D eigenvalue weighted by atomic mass is 16.5. The highest BCUT2D eigenvalue weighted by Gasteiger charge is 2.22. The molecule has 0 bridgehead atoms. The number of anilines is 1. The van der Waals surface area contributed by atoms with Gasteiger partial charge in [0.15, 0.2) is 0 Å². The van der Waals surface area contributed by atoms with Gasteiger partial charge in [-0.25, -0.2) is 0 Å². The van der Waals surface area contributed by atoms with Crippen LogP contribution >= 0.6 is 0 Å². The van der Waals surface area contributed by atoms with Crippen molar-refractivity contribution in [2.75, 3.05) is 11.9 Å². The quantitative estimate of drug-likeness (QED) is 0.728. The summed E-state index contributed by atoms with van der Waals surface area (Å²) in [6, 6.07) is 1.62. The van der Waals surface area contributed by atoms with Crippen LogP contribution in [0.4, 0.5) is 5.88 Å². The van der Waals surface area contributed by atoms with E-state index in [1.54, 1.807) is 6.07 Å². The second kappa shape index (κ2) is 3.79. The van der Waals surface area contributed by atoms with E-state index in [-0.39, 0.29) is 11.9 Å². The minimum Gasteiger partial charge on any atom is -0.338 e. The second-order valence-corrected chi connectivity index (χ2v) is 3.47. The molecule has 1 aliphatic heterocycles. The fourth-order valence-electron chi connectivity index (χ4n) is 1.54. The molecule has 1 saturated heterocycles. The Kier molecular flexibility index (Phi) is 2.49. The summed E-state index contributed by atoms with van der Waals surface area (Å²) in [5.74, 6) is 0.375. The largest absolute Gasteiger partial charge is 0.338 e. The summed E-state index contributed by atoms with van der Waals surface area (Å²) in [4.78, 5) is 11.6. The average Bonchev–Trinajstić information content (AvgIpc) is 2.75. The number of carbonyl (C=O) groups is 1. The van der Waals surface area contributed by atoms with Crippen molar-refractivity contribution in [2.45, 2.75) is 25.8 Å². The molecule has 1 aromatic rings. The molecule has 5 heteroatoms. The summed E-state index contributed by atoms with van der Waals surface area (Å²) in [5.41, 5.74) is 0.764. The summed E-state index contributed by atoms with van der Waals surface area (Å²) in [6.45, 7) is 2.72. The molecule has 0 spiro atoms. The number of amides is 1. The third-order valence-electron chi connectivity index (χ3n) is 2.25. The van der Waals surface area contributed by atoms with Crippen LogP contribution in [0.1, 0.15) is 18.5 Å². The normalized spacial score (nSPS) is 21.1. The van der Waals surface area contributed by atoms with Crippen LogP contribution in [0.3, 0.4) is 0 Å². The second-order valence-electron chi connectivity index (χ2n) is 3.47. The van der Waals surface area contributed by atoms with Crippen molar-refractivity contribution in [2.24, 2.45) is 0 Å². The molecule has 0 radical (unpaired) electrons. The van der Waals surface area contributed by atoms with E-state index < -0.39 is 0 Å². The fraction of sp³-hybridized carbons (Fsp3) is 0.556. The molecule has 2 heterocycles. The monoisotopic (exact) mass is 195 g/mol. The highest BCUT2D eigenvalue weighted by Crippen LogP contribution is 2.11. The molecule has 0 aliphatic carbocycles. The highest BCUT2D eigenvalue weighted by molar-refractivity contribution is 5.93. The van der Waals surface area contributed by atoms with E-state index in [4.69, 9.17) is 4.52 Å². The van der Waals surface area contributed by atoms with Crippen molar-refractivity contribution in [1.29, 1.82) is 0 Å². The average molecular weight is 195 g/mol. The number of hydrogen-bond donors (Lipinski definition) is 2. The first-order chi connectivity index (χ1) is 6.75. The van der Waals surface area contributed by atoms with Crippen LogP contribution in [-0.2, 0) is 4.79 Å². The van der Waals surface area contributed by atoms with Crippen LogP contribution in [0.25, 0.3) is 0 Å². The molecule has 0 saturated carbocycles. The van der Waals surface area contributed by atoms with E-state index in [2.05, 4.69) is 15.8 Å². The Morgan fingerprint density at radius 2 is 2.64 bits per heavy atom. The van der Waals surface area contributed by atoms with E-state index in [1.807, 2.05) is 6.92 Å². The van der Waals surface area contributed by atoms with Crippen molar-refractivity contribution in [1.82, 2.24) is 10.5 Å². The lowest BCUT2D eigenvalue weighted by atomic mass is 10.2. The topological polar surface area (TPSA) is 67.2 Å². The molecule has 1 amide bonds. The van der Waals surface area contributed by atoms with Crippen LogP contribution in [0.15, 0.2) is 10.6 Å². The Labute approximate surface area is 81.8 Å². The fourth-order valence-corrected chi connectivity index (χ4v) is 1.54. The number of rotatable bonds is 2. The van der Waals surface area contributed by atoms with E-state index in [0.717, 1.165) is 25.1 Å². The Morgan fingerprint density at radius 1 is 1.79 bits per heavy atom. The lowest BCUT2D eigenvalue weighted by Gasteiger charge is -2.07. The van der Waals surface area contributed by atoms with Crippen molar-refractivity contribution in [3.05, 3.63) is 11.8 Å². The molecule has 76 valence electrons. The van der Waals surface area contributed by atoms with Crippen molar-refractivity contribution >= 4 is 11.8 Å². The van der Waals surface area contributed by atoms with E-state index >= 15 is 0 Å². The predicted octanol–water partition coefficient (Wildman–Crippen LogP) is 0.674. The Balaban J connectivity index is 1.93. The number of aryl methyl sites for hydroxylation is 1. The van der Waals surface area contributed by atoms with Gasteiger partial charge in [-0.15, -0.1) is 0 Å². The maximum absolute atomic E-state index is 11.6. The molecule has 0 aromatic carbocycles. The van der Waals surface area contributed by atoms with Gasteiger partial charge in [-0.1, -0.05) is 5.16 Å². The molecular formula is C9H13N3O2. The lowest BCUT2D eigenvalue weighted by Crippen LogP contribution is -2.35. The van der Waals surface area contributed by atoms with E-state index in [0.29, 0.717) is 5.88 Å². The summed E-state index contributed by atoms with van der Waals surface area (Å²) >= 11 is 0. The molecule has 5 nitrogen and oxygen atoms in total. The van der Waals surface area contributed by atoms with Gasteiger partial charge in [0, 0.05) is 6.07 Å². The number of nitrogens with zero attached hydrogens (tertiary/aromatic N) is 1. The Bertz CT molecular complexity index is 329. The van der Waals surface area contributed by atoms with Gasteiger partial charge in [0.1, 0.15) is 0 Å². The van der Waals surface area contributed by atoms with Gasteiger partial charge in [0.2, 0.25) is 11.8 Å². The van der Waals surface area contributed by atoms with E-state index in [1.165, 1.54) is 0 Å². The summed E-state index contributed by atoms with van der Waals surface area (Å²) in [6.07, 6.45) is 1.94. The van der Waals surface area contributed by atoms with Gasteiger partial charge < -0.3 is 9.84 Å². The van der Waals surface area contributed by atoms with E-state index in [9.17, 15) is 4.79 Å². The summed E-state index contributed by atoms with van der Waals surface area (Å²) in [5, 5.41) is 9.47. The Hall–Kier alpha value is -1.36. The molecule has 1 atom stereocenters.